The minimum atomic E-state index is -0.0888. The third-order valence-electron chi connectivity index (χ3n) is 12.2. The number of aromatic nitrogens is 1. The molecule has 2 aliphatic carbocycles. The second kappa shape index (κ2) is 11.3. The van der Waals surface area contributed by atoms with Crippen LogP contribution in [0.4, 0.5) is 17.1 Å². The Morgan fingerprint density at radius 1 is 0.426 bits per heavy atom. The summed E-state index contributed by atoms with van der Waals surface area (Å²) in [6.07, 6.45) is 2.04. The number of rotatable bonds is 4. The predicted octanol–water partition coefficient (Wildman–Crippen LogP) is 13.7. The molecule has 54 heavy (non-hydrogen) atoms. The molecule has 2 nitrogen and oxygen atoms in total. The molecule has 2 heterocycles. The molecule has 2 aromatic heterocycles. The van der Waals surface area contributed by atoms with E-state index in [1.807, 2.05) is 11.3 Å². The molecule has 0 amide bonds. The van der Waals surface area contributed by atoms with Crippen molar-refractivity contribution in [1.29, 1.82) is 0 Å². The van der Waals surface area contributed by atoms with Gasteiger partial charge in [-0.15, -0.1) is 11.3 Å². The zero-order valence-corrected chi connectivity index (χ0v) is 30.4. The average Bonchev–Trinajstić information content (AvgIpc) is 3.97. The van der Waals surface area contributed by atoms with Crippen LogP contribution >= 0.6 is 11.3 Å². The average molecular weight is 707 g/mol. The number of anilines is 3. The van der Waals surface area contributed by atoms with Gasteiger partial charge in [0.15, 0.2) is 0 Å². The number of thiophene rings is 1. The Morgan fingerprint density at radius 3 is 1.91 bits per heavy atom. The van der Waals surface area contributed by atoms with E-state index in [0.29, 0.717) is 0 Å². The molecular weight excluding hydrogens is 673 g/mol. The van der Waals surface area contributed by atoms with Crippen LogP contribution in [0.5, 0.6) is 0 Å². The lowest BCUT2D eigenvalue weighted by atomic mass is 9.75. The molecule has 0 atom stereocenters. The summed E-state index contributed by atoms with van der Waals surface area (Å²) in [5.74, 6) is 0. The first-order valence-electron chi connectivity index (χ1n) is 18.8. The Balaban J connectivity index is 1.12. The van der Waals surface area contributed by atoms with Crippen molar-refractivity contribution in [1.82, 2.24) is 4.57 Å². The normalized spacial score (nSPS) is 13.9. The van der Waals surface area contributed by atoms with Gasteiger partial charge in [-0.2, -0.15) is 0 Å². The summed E-state index contributed by atoms with van der Waals surface area (Å²) in [4.78, 5) is 2.50. The Labute approximate surface area is 317 Å². The molecule has 0 fully saturated rings. The maximum Gasteiger partial charge on any atom is 0.0561 e. The Bertz CT molecular complexity index is 3100. The van der Waals surface area contributed by atoms with Gasteiger partial charge in [0.25, 0.3) is 0 Å². The molecule has 0 N–H and O–H groups in total. The summed E-state index contributed by atoms with van der Waals surface area (Å²) in [5.41, 5.74) is 15.5. The smallest absolute Gasteiger partial charge is 0.0561 e. The number of nitrogens with zero attached hydrogens (tertiary/aromatic N) is 2. The van der Waals surface area contributed by atoms with E-state index in [2.05, 4.69) is 191 Å². The van der Waals surface area contributed by atoms with Crippen LogP contribution in [0, 0.1) is 0 Å². The van der Waals surface area contributed by atoms with Crippen molar-refractivity contribution in [3.05, 3.63) is 204 Å². The van der Waals surface area contributed by atoms with Crippen molar-refractivity contribution >= 4 is 70.4 Å². The maximum atomic E-state index is 2.52. The highest BCUT2D eigenvalue weighted by Crippen LogP contribution is 2.56. The fraction of sp³-hybridized carbons (Fsp3) is 0.0588. The molecule has 1 spiro atoms. The third-order valence-corrected chi connectivity index (χ3v) is 13.3. The van der Waals surface area contributed by atoms with E-state index >= 15 is 0 Å². The van der Waals surface area contributed by atoms with Crippen LogP contribution < -0.4 is 4.90 Å². The van der Waals surface area contributed by atoms with Gasteiger partial charge in [-0.05, 0) is 113 Å². The molecule has 0 saturated carbocycles. The quantitative estimate of drug-likeness (QED) is 0.177. The number of hydrogen-bond acceptors (Lipinski definition) is 2. The van der Waals surface area contributed by atoms with Crippen molar-refractivity contribution in [2.75, 3.05) is 4.90 Å². The Kier molecular flexibility index (Phi) is 6.29. The first-order valence-corrected chi connectivity index (χ1v) is 19.7. The summed E-state index contributed by atoms with van der Waals surface area (Å²) in [6, 6.07) is 68.0. The number of para-hydroxylation sites is 2. The summed E-state index contributed by atoms with van der Waals surface area (Å²) in [6.45, 7) is 0. The Hall–Kier alpha value is -6.42. The van der Waals surface area contributed by atoms with Crippen molar-refractivity contribution in [3.8, 4) is 16.8 Å². The zero-order valence-electron chi connectivity index (χ0n) is 29.5. The molecule has 8 aromatic carbocycles. The topological polar surface area (TPSA) is 8.17 Å². The van der Waals surface area contributed by atoms with Crippen molar-refractivity contribution in [2.45, 2.75) is 18.3 Å². The highest BCUT2D eigenvalue weighted by Gasteiger charge is 2.47. The van der Waals surface area contributed by atoms with Crippen LogP contribution in [0.25, 0.3) is 58.8 Å². The first-order chi connectivity index (χ1) is 26.7. The highest BCUT2D eigenvalue weighted by atomic mass is 32.1. The summed E-state index contributed by atoms with van der Waals surface area (Å²) in [7, 11) is 0. The molecule has 0 unspecified atom stereocenters. The van der Waals surface area contributed by atoms with Crippen LogP contribution in [0.3, 0.4) is 0 Å². The van der Waals surface area contributed by atoms with Gasteiger partial charge in [0.05, 0.1) is 11.0 Å². The molecule has 0 radical (unpaired) electrons. The van der Waals surface area contributed by atoms with Gasteiger partial charge in [0, 0.05) is 59.1 Å². The van der Waals surface area contributed by atoms with Gasteiger partial charge in [-0.25, -0.2) is 0 Å². The molecule has 0 bridgehead atoms. The van der Waals surface area contributed by atoms with Crippen LogP contribution in [-0.4, -0.2) is 4.57 Å². The number of fused-ring (bicyclic) bond motifs is 12. The van der Waals surface area contributed by atoms with E-state index in [0.717, 1.165) is 29.9 Å². The van der Waals surface area contributed by atoms with E-state index in [1.165, 1.54) is 81.0 Å². The largest absolute Gasteiger partial charge is 0.310 e. The minimum absolute atomic E-state index is 0.0888. The highest BCUT2D eigenvalue weighted by molar-refractivity contribution is 7.25. The van der Waals surface area contributed by atoms with Gasteiger partial charge in [-0.3, -0.25) is 0 Å². The van der Waals surface area contributed by atoms with Crippen molar-refractivity contribution in [2.24, 2.45) is 0 Å². The van der Waals surface area contributed by atoms with Crippen LogP contribution in [0.1, 0.15) is 22.3 Å². The maximum absolute atomic E-state index is 2.52. The van der Waals surface area contributed by atoms with Crippen molar-refractivity contribution < 1.29 is 0 Å². The summed E-state index contributed by atoms with van der Waals surface area (Å²) < 4.78 is 5.06. The lowest BCUT2D eigenvalue weighted by Gasteiger charge is -2.30. The van der Waals surface area contributed by atoms with Crippen LogP contribution in [-0.2, 0) is 18.3 Å². The third kappa shape index (κ3) is 4.22. The van der Waals surface area contributed by atoms with Crippen LogP contribution in [0.15, 0.2) is 182 Å². The predicted molar refractivity (Wildman–Crippen MR) is 228 cm³/mol. The van der Waals surface area contributed by atoms with Gasteiger partial charge >= 0.3 is 0 Å². The molecule has 0 aliphatic heterocycles. The van der Waals surface area contributed by atoms with Gasteiger partial charge in [0.1, 0.15) is 0 Å². The standard InChI is InChI=1S/C51H34N2S/c1-2-14-35(15-3-1)53-47-20-10-7-17-41(47)42-26-23-38(30-48(42)53)52(36-24-27-50-44(28-36)43-18-8-11-21-49(43)54-50)37-22-25-40-39-16-6-9-19-45(39)51(46(40)29-37)31-33-12-4-5-13-34(33)32-51/h1-30H,31-32H2. The number of benzene rings is 8. The summed E-state index contributed by atoms with van der Waals surface area (Å²) >= 11 is 1.87. The summed E-state index contributed by atoms with van der Waals surface area (Å²) in [5, 5.41) is 5.13. The Morgan fingerprint density at radius 2 is 1.04 bits per heavy atom. The number of hydrogen-bond donors (Lipinski definition) is 0. The van der Waals surface area contributed by atoms with Gasteiger partial charge in [0.2, 0.25) is 0 Å². The lowest BCUT2D eigenvalue weighted by Crippen LogP contribution is -2.26. The molecule has 0 saturated heterocycles. The van der Waals surface area contributed by atoms with E-state index in [1.54, 1.807) is 0 Å². The van der Waals surface area contributed by atoms with E-state index in [4.69, 9.17) is 0 Å². The monoisotopic (exact) mass is 706 g/mol. The molecule has 10 aromatic rings. The zero-order chi connectivity index (χ0) is 35.4. The molecule has 12 rings (SSSR count). The molecule has 3 heteroatoms. The van der Waals surface area contributed by atoms with E-state index in [9.17, 15) is 0 Å². The van der Waals surface area contributed by atoms with Gasteiger partial charge in [-0.1, -0.05) is 115 Å². The second-order valence-corrected chi connectivity index (χ2v) is 16.1. The van der Waals surface area contributed by atoms with Gasteiger partial charge < -0.3 is 9.47 Å². The van der Waals surface area contributed by atoms with Crippen molar-refractivity contribution in [3.63, 3.8) is 0 Å². The molecular formula is C51H34N2S. The fourth-order valence-corrected chi connectivity index (χ4v) is 10.9. The van der Waals surface area contributed by atoms with E-state index in [-0.39, 0.29) is 5.41 Å². The lowest BCUT2D eigenvalue weighted by molar-refractivity contribution is 0.563. The molecule has 2 aliphatic rings. The minimum Gasteiger partial charge on any atom is -0.310 e. The SMILES string of the molecule is c1ccc(-n2c3ccccc3c3ccc(N(c4ccc5c(c4)C4(Cc6ccccc6C4)c4ccccc4-5)c4ccc5sc6ccccc6c5c4)cc32)cc1. The van der Waals surface area contributed by atoms with E-state index < -0.39 is 0 Å². The first kappa shape index (κ1) is 30.1. The molecule has 254 valence electrons. The van der Waals surface area contributed by atoms with Crippen LogP contribution in [0.2, 0.25) is 0 Å². The fourth-order valence-electron chi connectivity index (χ4n) is 9.83. The second-order valence-electron chi connectivity index (χ2n) is 15.0.